The number of nitrogens with two attached hydrogens (primary N) is 2. The number of hydrogen-bond acceptors (Lipinski definition) is 6. The number of phenols is 1. The van der Waals surface area contributed by atoms with Gasteiger partial charge in [-0.05, 0) is 43.1 Å². The molecule has 122 valence electrons. The lowest BCUT2D eigenvalue weighted by Gasteiger charge is -2.06. The number of rotatable bonds is 7. The molecule has 1 unspecified atom stereocenters. The third-order valence-electron chi connectivity index (χ3n) is 2.57. The number of aromatic hydroxyl groups is 1. The van der Waals surface area contributed by atoms with E-state index in [9.17, 15) is 9.90 Å². The summed E-state index contributed by atoms with van der Waals surface area (Å²) in [5.74, 6) is -0.641. The van der Waals surface area contributed by atoms with Gasteiger partial charge in [-0.1, -0.05) is 0 Å². The van der Waals surface area contributed by atoms with Crippen molar-refractivity contribution in [2.45, 2.75) is 18.9 Å². The summed E-state index contributed by atoms with van der Waals surface area (Å²) in [6.07, 6.45) is 3.17. The van der Waals surface area contributed by atoms with Crippen molar-refractivity contribution < 1.29 is 19.7 Å². The van der Waals surface area contributed by atoms with Crippen LogP contribution in [0.4, 0.5) is 0 Å². The highest BCUT2D eigenvalue weighted by Crippen LogP contribution is 2.25. The van der Waals surface area contributed by atoms with E-state index in [0.29, 0.717) is 30.7 Å². The first-order valence-corrected chi connectivity index (χ1v) is 6.53. The van der Waals surface area contributed by atoms with Crippen molar-refractivity contribution in [3.8, 4) is 11.5 Å². The van der Waals surface area contributed by atoms with E-state index in [4.69, 9.17) is 21.0 Å². The Hall–Kier alpha value is -2.61. The largest absolute Gasteiger partial charge is 0.504 e. The maximum atomic E-state index is 11.0. The van der Waals surface area contributed by atoms with Gasteiger partial charge in [0.15, 0.2) is 11.5 Å². The molecule has 0 saturated heterocycles. The number of carboxylic acid groups (broad SMARTS) is 1. The molecule has 8 nitrogen and oxygen atoms in total. The van der Waals surface area contributed by atoms with Gasteiger partial charge in [-0.15, -0.1) is 0 Å². The third-order valence-corrected chi connectivity index (χ3v) is 2.57. The van der Waals surface area contributed by atoms with Crippen molar-refractivity contribution in [1.82, 2.24) is 0 Å². The standard InChI is InChI=1S/C13H18N2O4.CH4N2/c1-19-12-5-4-9(7-11(12)16)8-15-10(13(17)18)3-2-6-14;2-1-3/h4-5,7-8,10,16H,2-3,6,14H2,1H3,(H,17,18);1H,(H3,2,3). The number of aliphatic imine (C=N–C) groups is 1. The van der Waals surface area contributed by atoms with Gasteiger partial charge in [-0.25, -0.2) is 4.79 Å². The van der Waals surface area contributed by atoms with E-state index in [1.807, 2.05) is 0 Å². The first kappa shape index (κ1) is 19.4. The lowest BCUT2D eigenvalue weighted by Crippen LogP contribution is -2.19. The summed E-state index contributed by atoms with van der Waals surface area (Å²) in [5.41, 5.74) is 10.3. The van der Waals surface area contributed by atoms with E-state index in [-0.39, 0.29) is 5.75 Å². The molecule has 0 fully saturated rings. The average Bonchev–Trinajstić information content (AvgIpc) is 2.48. The molecule has 0 aliphatic carbocycles. The molecular weight excluding hydrogens is 288 g/mol. The number of ether oxygens (including phenoxy) is 1. The van der Waals surface area contributed by atoms with Gasteiger partial charge in [0.05, 0.1) is 13.4 Å². The second-order valence-electron chi connectivity index (χ2n) is 4.16. The normalized spacial score (nSPS) is 11.4. The van der Waals surface area contributed by atoms with Crippen molar-refractivity contribution in [2.24, 2.45) is 16.5 Å². The van der Waals surface area contributed by atoms with Crippen LogP contribution in [-0.4, -0.2) is 48.4 Å². The number of benzene rings is 1. The lowest BCUT2D eigenvalue weighted by atomic mass is 10.1. The zero-order valence-corrected chi connectivity index (χ0v) is 12.4. The van der Waals surface area contributed by atoms with Gasteiger partial charge < -0.3 is 26.4 Å². The van der Waals surface area contributed by atoms with E-state index >= 15 is 0 Å². The highest BCUT2D eigenvalue weighted by molar-refractivity contribution is 5.84. The molecule has 0 aliphatic heterocycles. The van der Waals surface area contributed by atoms with Gasteiger partial charge in [0.25, 0.3) is 0 Å². The summed E-state index contributed by atoms with van der Waals surface area (Å²) < 4.78 is 4.91. The van der Waals surface area contributed by atoms with Crippen LogP contribution in [0, 0.1) is 5.41 Å². The Labute approximate surface area is 128 Å². The number of methoxy groups -OCH3 is 1. The first-order chi connectivity index (χ1) is 10.5. The SMILES string of the molecule is COc1ccc(C=NC(CCCN)C(=O)O)cc1O.N=CN. The Morgan fingerprint density at radius 3 is 2.64 bits per heavy atom. The fraction of sp³-hybridized carbons (Fsp3) is 0.357. The number of nitrogens with zero attached hydrogens (tertiary/aromatic N) is 1. The van der Waals surface area contributed by atoms with Gasteiger partial charge in [0, 0.05) is 6.21 Å². The molecule has 0 bridgehead atoms. The Balaban J connectivity index is 0.00000135. The molecule has 0 radical (unpaired) electrons. The van der Waals surface area contributed by atoms with Crippen molar-refractivity contribution in [3.63, 3.8) is 0 Å². The third kappa shape index (κ3) is 7.25. The Morgan fingerprint density at radius 2 is 2.18 bits per heavy atom. The van der Waals surface area contributed by atoms with E-state index in [2.05, 4.69) is 10.7 Å². The topological polar surface area (TPSA) is 155 Å². The molecule has 1 aromatic rings. The van der Waals surface area contributed by atoms with Gasteiger partial charge in [0.1, 0.15) is 6.04 Å². The van der Waals surface area contributed by atoms with Gasteiger partial charge in [-0.3, -0.25) is 10.4 Å². The predicted molar refractivity (Wildman–Crippen MR) is 84.9 cm³/mol. The van der Waals surface area contributed by atoms with Gasteiger partial charge in [0.2, 0.25) is 0 Å². The minimum atomic E-state index is -0.984. The van der Waals surface area contributed by atoms with E-state index in [0.717, 1.165) is 6.34 Å². The van der Waals surface area contributed by atoms with Crippen LogP contribution in [0.15, 0.2) is 23.2 Å². The number of carbonyl (C=O) groups is 1. The van der Waals surface area contributed by atoms with Crippen LogP contribution >= 0.6 is 0 Å². The van der Waals surface area contributed by atoms with Crippen molar-refractivity contribution in [3.05, 3.63) is 23.8 Å². The smallest absolute Gasteiger partial charge is 0.328 e. The lowest BCUT2D eigenvalue weighted by molar-refractivity contribution is -0.138. The number of aliphatic carboxylic acids is 1. The molecule has 1 rings (SSSR count). The minimum Gasteiger partial charge on any atom is -0.504 e. The molecule has 22 heavy (non-hydrogen) atoms. The maximum absolute atomic E-state index is 11.0. The Bertz CT molecular complexity index is 506. The zero-order chi connectivity index (χ0) is 17.0. The van der Waals surface area contributed by atoms with Crippen molar-refractivity contribution >= 4 is 18.5 Å². The van der Waals surface area contributed by atoms with Crippen LogP contribution in [0.25, 0.3) is 0 Å². The molecule has 7 N–H and O–H groups in total. The second-order valence-corrected chi connectivity index (χ2v) is 4.16. The molecule has 1 atom stereocenters. The number of carboxylic acids is 1. The molecule has 0 aliphatic rings. The van der Waals surface area contributed by atoms with Crippen LogP contribution in [0.2, 0.25) is 0 Å². The highest BCUT2D eigenvalue weighted by atomic mass is 16.5. The summed E-state index contributed by atoms with van der Waals surface area (Å²) in [4.78, 5) is 15.0. The fourth-order valence-corrected chi connectivity index (χ4v) is 1.54. The molecule has 0 aromatic heterocycles. The Morgan fingerprint density at radius 1 is 1.55 bits per heavy atom. The van der Waals surface area contributed by atoms with E-state index < -0.39 is 12.0 Å². The minimum absolute atomic E-state index is 0.0136. The first-order valence-electron chi connectivity index (χ1n) is 6.53. The molecular formula is C14H22N4O4. The maximum Gasteiger partial charge on any atom is 0.328 e. The van der Waals surface area contributed by atoms with Gasteiger partial charge >= 0.3 is 5.97 Å². The predicted octanol–water partition coefficient (Wildman–Crippen LogP) is 0.564. The highest BCUT2D eigenvalue weighted by Gasteiger charge is 2.14. The van der Waals surface area contributed by atoms with Crippen molar-refractivity contribution in [2.75, 3.05) is 13.7 Å². The van der Waals surface area contributed by atoms with E-state index in [1.165, 1.54) is 19.4 Å². The quantitative estimate of drug-likeness (QED) is 0.366. The van der Waals surface area contributed by atoms with Crippen LogP contribution in [-0.2, 0) is 4.79 Å². The van der Waals surface area contributed by atoms with E-state index in [1.54, 1.807) is 12.1 Å². The number of nitrogens with one attached hydrogen (secondary N) is 1. The Kier molecular flexibility index (Phi) is 9.78. The van der Waals surface area contributed by atoms with Crippen LogP contribution in [0.3, 0.4) is 0 Å². The van der Waals surface area contributed by atoms with Crippen LogP contribution < -0.4 is 16.2 Å². The molecule has 0 saturated carbocycles. The average molecular weight is 310 g/mol. The number of hydrogen-bond donors (Lipinski definition) is 5. The van der Waals surface area contributed by atoms with Crippen LogP contribution in [0.5, 0.6) is 11.5 Å². The molecule has 8 heteroatoms. The van der Waals surface area contributed by atoms with Crippen molar-refractivity contribution in [1.29, 1.82) is 5.41 Å². The molecule has 0 amide bonds. The number of phenolic OH excluding ortho intramolecular Hbond substituents is 1. The molecule has 1 aromatic carbocycles. The zero-order valence-electron chi connectivity index (χ0n) is 12.4. The summed E-state index contributed by atoms with van der Waals surface area (Å²) >= 11 is 0. The molecule has 0 spiro atoms. The summed E-state index contributed by atoms with van der Waals surface area (Å²) in [6.45, 7) is 0.433. The summed E-state index contributed by atoms with van der Waals surface area (Å²) in [5, 5.41) is 24.4. The fourth-order valence-electron chi connectivity index (χ4n) is 1.54. The summed E-state index contributed by atoms with van der Waals surface area (Å²) in [7, 11) is 1.45. The second kappa shape index (κ2) is 11.1. The van der Waals surface area contributed by atoms with Gasteiger partial charge in [-0.2, -0.15) is 0 Å². The monoisotopic (exact) mass is 310 g/mol. The van der Waals surface area contributed by atoms with Crippen LogP contribution in [0.1, 0.15) is 18.4 Å². The molecule has 0 heterocycles. The summed E-state index contributed by atoms with van der Waals surface area (Å²) in [6, 6.07) is 3.92.